The summed E-state index contributed by atoms with van der Waals surface area (Å²) in [6, 6.07) is 14.6. The van der Waals surface area contributed by atoms with Crippen molar-refractivity contribution in [1.29, 1.82) is 5.26 Å². The molecule has 0 aliphatic rings. The predicted octanol–water partition coefficient (Wildman–Crippen LogP) is 2.46. The molecule has 2 rings (SSSR count). The molecule has 0 fully saturated rings. The van der Waals surface area contributed by atoms with Crippen LogP contribution in [-0.2, 0) is 16.6 Å². The number of hydrogen-bond donors (Lipinski definition) is 2. The van der Waals surface area contributed by atoms with E-state index in [9.17, 15) is 13.2 Å². The third-order valence-electron chi connectivity index (χ3n) is 3.30. The first-order valence-electron chi connectivity index (χ1n) is 7.42. The smallest absolute Gasteiger partial charge is 0.251 e. The van der Waals surface area contributed by atoms with Crippen LogP contribution in [0.1, 0.15) is 22.3 Å². The Balaban J connectivity index is 2.05. The van der Waals surface area contributed by atoms with Gasteiger partial charge in [0.15, 0.2) is 0 Å². The lowest BCUT2D eigenvalue weighted by atomic mass is 10.2. The molecule has 0 aliphatic heterocycles. The minimum Gasteiger partial charge on any atom is -0.348 e. The fourth-order valence-electron chi connectivity index (χ4n) is 2.02. The Bertz CT molecular complexity index is 890. The van der Waals surface area contributed by atoms with Crippen LogP contribution in [-0.4, -0.2) is 20.9 Å². The van der Waals surface area contributed by atoms with E-state index in [4.69, 9.17) is 16.9 Å². The number of carbonyl (C=O) groups excluding carboxylic acids is 1. The fraction of sp³-hybridized carbons (Fsp3) is 0.176. The van der Waals surface area contributed by atoms with Crippen LogP contribution in [0.2, 0.25) is 5.02 Å². The van der Waals surface area contributed by atoms with Gasteiger partial charge in [0.1, 0.15) is 0 Å². The number of nitrogens with one attached hydrogen (secondary N) is 2. The van der Waals surface area contributed by atoms with E-state index < -0.39 is 10.0 Å². The summed E-state index contributed by atoms with van der Waals surface area (Å²) in [5, 5.41) is 11.8. The highest BCUT2D eigenvalue weighted by molar-refractivity contribution is 7.89. The van der Waals surface area contributed by atoms with Crippen LogP contribution < -0.4 is 10.0 Å². The maximum atomic E-state index is 12.2. The molecule has 0 aliphatic carbocycles. The molecule has 130 valence electrons. The second-order valence-electron chi connectivity index (χ2n) is 5.14. The molecule has 2 aromatic carbocycles. The predicted molar refractivity (Wildman–Crippen MR) is 94.5 cm³/mol. The first-order chi connectivity index (χ1) is 11.9. The van der Waals surface area contributed by atoms with Crippen LogP contribution >= 0.6 is 11.6 Å². The summed E-state index contributed by atoms with van der Waals surface area (Å²) in [6.45, 7) is 0.319. The van der Waals surface area contributed by atoms with Crippen molar-refractivity contribution in [2.24, 2.45) is 0 Å². The number of carbonyl (C=O) groups is 1. The molecule has 0 atom stereocenters. The molecular weight excluding hydrogens is 362 g/mol. The highest BCUT2D eigenvalue weighted by atomic mass is 35.5. The highest BCUT2D eigenvalue weighted by Crippen LogP contribution is 2.12. The molecule has 0 spiro atoms. The van der Waals surface area contributed by atoms with E-state index in [1.165, 1.54) is 24.3 Å². The average molecular weight is 378 g/mol. The van der Waals surface area contributed by atoms with Crippen molar-refractivity contribution < 1.29 is 13.2 Å². The standard InChI is InChI=1S/C17H16ClN3O3S/c18-15-7-5-13(6-8-15)12-20-17(22)14-3-1-4-16(11-14)25(23,24)21-10-2-9-19/h1,3-8,11,21H,2,10,12H2,(H,20,22). The summed E-state index contributed by atoms with van der Waals surface area (Å²) in [7, 11) is -3.76. The molecule has 0 saturated carbocycles. The Morgan fingerprint density at radius 1 is 1.16 bits per heavy atom. The summed E-state index contributed by atoms with van der Waals surface area (Å²) >= 11 is 5.81. The lowest BCUT2D eigenvalue weighted by molar-refractivity contribution is 0.0950. The largest absolute Gasteiger partial charge is 0.348 e. The summed E-state index contributed by atoms with van der Waals surface area (Å²) in [6.07, 6.45) is 0.0699. The Hall–Kier alpha value is -2.40. The van der Waals surface area contributed by atoms with Gasteiger partial charge in [0.05, 0.1) is 11.0 Å². The van der Waals surface area contributed by atoms with Gasteiger partial charge in [0.25, 0.3) is 5.91 Å². The van der Waals surface area contributed by atoms with E-state index in [-0.39, 0.29) is 29.3 Å². The van der Waals surface area contributed by atoms with Crippen molar-refractivity contribution in [3.63, 3.8) is 0 Å². The molecular formula is C17H16ClN3O3S. The van der Waals surface area contributed by atoms with Gasteiger partial charge in [0.2, 0.25) is 10.0 Å². The van der Waals surface area contributed by atoms with E-state index in [1.54, 1.807) is 24.3 Å². The summed E-state index contributed by atoms with van der Waals surface area (Å²) in [5.41, 5.74) is 1.11. The normalized spacial score (nSPS) is 10.9. The molecule has 0 bridgehead atoms. The second-order valence-corrected chi connectivity index (χ2v) is 7.35. The summed E-state index contributed by atoms with van der Waals surface area (Å²) in [5.74, 6) is -0.385. The van der Waals surface area contributed by atoms with E-state index in [0.717, 1.165) is 5.56 Å². The van der Waals surface area contributed by atoms with Crippen molar-refractivity contribution in [3.05, 3.63) is 64.7 Å². The molecule has 0 aromatic heterocycles. The number of benzene rings is 2. The number of sulfonamides is 1. The van der Waals surface area contributed by atoms with E-state index in [2.05, 4.69) is 10.0 Å². The number of nitriles is 1. The Morgan fingerprint density at radius 3 is 2.56 bits per heavy atom. The SMILES string of the molecule is N#CCCNS(=O)(=O)c1cccc(C(=O)NCc2ccc(Cl)cc2)c1. The molecule has 1 amide bonds. The van der Waals surface area contributed by atoms with E-state index in [0.29, 0.717) is 11.6 Å². The third-order valence-corrected chi connectivity index (χ3v) is 5.01. The average Bonchev–Trinajstić information content (AvgIpc) is 2.61. The summed E-state index contributed by atoms with van der Waals surface area (Å²) < 4.78 is 26.6. The molecule has 0 heterocycles. The number of rotatable bonds is 7. The zero-order chi connectivity index (χ0) is 18.3. The van der Waals surface area contributed by atoms with Gasteiger partial charge in [-0.05, 0) is 35.9 Å². The van der Waals surface area contributed by atoms with E-state index in [1.807, 2.05) is 6.07 Å². The van der Waals surface area contributed by atoms with Gasteiger partial charge in [-0.3, -0.25) is 4.79 Å². The van der Waals surface area contributed by atoms with Gasteiger partial charge >= 0.3 is 0 Å². The van der Waals surface area contributed by atoms with Gasteiger partial charge in [-0.25, -0.2) is 13.1 Å². The van der Waals surface area contributed by atoms with Gasteiger partial charge in [0, 0.05) is 30.1 Å². The third kappa shape index (κ3) is 5.57. The van der Waals surface area contributed by atoms with Crippen molar-refractivity contribution in [3.8, 4) is 6.07 Å². The van der Waals surface area contributed by atoms with Gasteiger partial charge in [-0.1, -0.05) is 29.8 Å². The quantitative estimate of drug-likeness (QED) is 0.724. The van der Waals surface area contributed by atoms with E-state index >= 15 is 0 Å². The minimum atomic E-state index is -3.76. The Kier molecular flexibility index (Phi) is 6.53. The maximum absolute atomic E-state index is 12.2. The maximum Gasteiger partial charge on any atom is 0.251 e. The second kappa shape index (κ2) is 8.62. The topological polar surface area (TPSA) is 99.1 Å². The first-order valence-corrected chi connectivity index (χ1v) is 9.28. The van der Waals surface area contributed by atoms with Crippen molar-refractivity contribution in [2.75, 3.05) is 6.54 Å². The van der Waals surface area contributed by atoms with Gasteiger partial charge in [-0.2, -0.15) is 5.26 Å². The van der Waals surface area contributed by atoms with Crippen LogP contribution in [0.4, 0.5) is 0 Å². The minimum absolute atomic E-state index is 0.0197. The fourth-order valence-corrected chi connectivity index (χ4v) is 3.22. The lowest BCUT2D eigenvalue weighted by Gasteiger charge is -2.08. The molecule has 2 aromatic rings. The van der Waals surface area contributed by atoms with Crippen LogP contribution in [0.25, 0.3) is 0 Å². The number of amides is 1. The van der Waals surface area contributed by atoms with Gasteiger partial charge in [-0.15, -0.1) is 0 Å². The number of nitrogens with zero attached hydrogens (tertiary/aromatic N) is 1. The molecule has 25 heavy (non-hydrogen) atoms. The van der Waals surface area contributed by atoms with Crippen LogP contribution in [0.5, 0.6) is 0 Å². The number of hydrogen-bond acceptors (Lipinski definition) is 4. The monoisotopic (exact) mass is 377 g/mol. The molecule has 0 radical (unpaired) electrons. The molecule has 0 unspecified atom stereocenters. The molecule has 2 N–H and O–H groups in total. The van der Waals surface area contributed by atoms with Gasteiger partial charge < -0.3 is 5.32 Å². The van der Waals surface area contributed by atoms with Crippen LogP contribution in [0.15, 0.2) is 53.4 Å². The zero-order valence-electron chi connectivity index (χ0n) is 13.2. The molecule has 6 nitrogen and oxygen atoms in total. The van der Waals surface area contributed by atoms with Crippen molar-refractivity contribution >= 4 is 27.5 Å². The molecule has 0 saturated heterocycles. The number of halogens is 1. The van der Waals surface area contributed by atoms with Crippen molar-refractivity contribution in [2.45, 2.75) is 17.9 Å². The summed E-state index contributed by atoms with van der Waals surface area (Å²) in [4.78, 5) is 12.2. The Labute approximate surface area is 151 Å². The lowest BCUT2D eigenvalue weighted by Crippen LogP contribution is -2.26. The Morgan fingerprint density at radius 2 is 1.88 bits per heavy atom. The van der Waals surface area contributed by atoms with Crippen molar-refractivity contribution in [1.82, 2.24) is 10.0 Å². The first kappa shape index (κ1) is 18.9. The van der Waals surface area contributed by atoms with Crippen LogP contribution in [0.3, 0.4) is 0 Å². The highest BCUT2D eigenvalue weighted by Gasteiger charge is 2.15. The zero-order valence-corrected chi connectivity index (χ0v) is 14.8. The molecule has 8 heteroatoms. The van der Waals surface area contributed by atoms with Crippen LogP contribution in [0, 0.1) is 11.3 Å².